The van der Waals surface area contributed by atoms with E-state index in [4.69, 9.17) is 4.52 Å². The van der Waals surface area contributed by atoms with Crippen LogP contribution in [0.2, 0.25) is 0 Å². The van der Waals surface area contributed by atoms with Crippen molar-refractivity contribution >= 4 is 17.0 Å². The molecule has 158 valence electrons. The molecule has 1 aromatic carbocycles. The van der Waals surface area contributed by atoms with Crippen LogP contribution in [0.15, 0.2) is 47.1 Å². The first-order valence-electron chi connectivity index (χ1n) is 10.5. The van der Waals surface area contributed by atoms with E-state index in [1.54, 1.807) is 6.20 Å². The Morgan fingerprint density at radius 1 is 1.17 bits per heavy atom. The zero-order chi connectivity index (χ0) is 21.1. The second-order valence-corrected chi connectivity index (χ2v) is 8.34. The number of nitrogens with zero attached hydrogens (tertiary/aromatic N) is 4. The van der Waals surface area contributed by atoms with Gasteiger partial charge in [-0.2, -0.15) is 0 Å². The first kappa shape index (κ1) is 20.5. The van der Waals surface area contributed by atoms with Crippen LogP contribution in [0.25, 0.3) is 11.1 Å². The summed E-state index contributed by atoms with van der Waals surface area (Å²) in [4.78, 5) is 22.2. The van der Waals surface area contributed by atoms with Gasteiger partial charge in [0.05, 0.1) is 22.7 Å². The van der Waals surface area contributed by atoms with Crippen molar-refractivity contribution in [3.8, 4) is 0 Å². The number of hydrogen-bond acceptors (Lipinski definition) is 6. The molecule has 0 radical (unpaired) electrons. The molecule has 1 amide bonds. The van der Waals surface area contributed by atoms with E-state index in [0.717, 1.165) is 49.4 Å². The van der Waals surface area contributed by atoms with Gasteiger partial charge in [0, 0.05) is 38.9 Å². The lowest BCUT2D eigenvalue weighted by Gasteiger charge is -2.35. The molecule has 4 rings (SSSR count). The quantitative estimate of drug-likeness (QED) is 0.677. The Kier molecular flexibility index (Phi) is 6.11. The van der Waals surface area contributed by atoms with Crippen molar-refractivity contribution in [2.24, 2.45) is 0 Å². The minimum Gasteiger partial charge on any atom is -0.344 e. The molecule has 1 N–H and O–H groups in total. The molecule has 0 bridgehead atoms. The highest BCUT2D eigenvalue weighted by Crippen LogP contribution is 2.24. The molecule has 0 aliphatic carbocycles. The molecular weight excluding hydrogens is 378 g/mol. The lowest BCUT2D eigenvalue weighted by Crippen LogP contribution is -2.47. The molecule has 3 aromatic rings. The molecular formula is C23H29N5O2. The molecule has 1 unspecified atom stereocenters. The van der Waals surface area contributed by atoms with Crippen molar-refractivity contribution in [2.45, 2.75) is 25.8 Å². The number of piperazine rings is 1. The third-order valence-electron chi connectivity index (χ3n) is 5.71. The number of hydrogen-bond donors (Lipinski definition) is 1. The van der Waals surface area contributed by atoms with E-state index in [1.165, 1.54) is 0 Å². The van der Waals surface area contributed by atoms with Crippen molar-refractivity contribution < 1.29 is 9.32 Å². The highest BCUT2D eigenvalue weighted by Gasteiger charge is 2.23. The predicted molar refractivity (Wildman–Crippen MR) is 116 cm³/mol. The molecule has 7 nitrogen and oxygen atoms in total. The van der Waals surface area contributed by atoms with Crippen LogP contribution in [0, 0.1) is 0 Å². The number of carbonyl (C=O) groups excluding carboxylic acids is 1. The van der Waals surface area contributed by atoms with Crippen molar-refractivity contribution in [1.29, 1.82) is 0 Å². The van der Waals surface area contributed by atoms with Gasteiger partial charge in [0.25, 0.3) is 11.6 Å². The molecule has 1 atom stereocenters. The fraction of sp³-hybridized carbons (Fsp3) is 0.435. The summed E-state index contributed by atoms with van der Waals surface area (Å²) in [7, 11) is 2.15. The van der Waals surface area contributed by atoms with Crippen LogP contribution in [0.4, 0.5) is 0 Å². The Morgan fingerprint density at radius 2 is 1.90 bits per heavy atom. The average Bonchev–Trinajstić information content (AvgIpc) is 3.19. The molecule has 7 heteroatoms. The maximum absolute atomic E-state index is 13.1. The summed E-state index contributed by atoms with van der Waals surface area (Å²) in [6.45, 7) is 8.97. The van der Waals surface area contributed by atoms with E-state index < -0.39 is 0 Å². The Bertz CT molecular complexity index is 993. The van der Waals surface area contributed by atoms with E-state index in [2.05, 4.69) is 44.4 Å². The van der Waals surface area contributed by atoms with Crippen LogP contribution in [0.1, 0.15) is 47.4 Å². The zero-order valence-electron chi connectivity index (χ0n) is 17.8. The van der Waals surface area contributed by atoms with E-state index in [0.29, 0.717) is 11.3 Å². The average molecular weight is 408 g/mol. The Morgan fingerprint density at radius 3 is 2.60 bits per heavy atom. The Hall–Kier alpha value is -2.77. The summed E-state index contributed by atoms with van der Waals surface area (Å²) in [5.41, 5.74) is 2.91. The van der Waals surface area contributed by atoms with Crippen LogP contribution >= 0.6 is 0 Å². The van der Waals surface area contributed by atoms with Crippen molar-refractivity contribution in [3.63, 3.8) is 0 Å². The highest BCUT2D eigenvalue weighted by molar-refractivity contribution is 5.97. The van der Waals surface area contributed by atoms with Gasteiger partial charge in [0.1, 0.15) is 0 Å². The number of aromatic nitrogens is 2. The predicted octanol–water partition coefficient (Wildman–Crippen LogP) is 3.06. The first-order chi connectivity index (χ1) is 14.5. The smallest absolute Gasteiger partial charge is 0.257 e. The molecule has 1 aliphatic heterocycles. The van der Waals surface area contributed by atoms with Crippen molar-refractivity contribution in [3.05, 3.63) is 59.4 Å². The maximum Gasteiger partial charge on any atom is 0.257 e. The largest absolute Gasteiger partial charge is 0.344 e. The number of nitrogens with one attached hydrogen (secondary N) is 1. The number of amides is 1. The summed E-state index contributed by atoms with van der Waals surface area (Å²) in [5.74, 6) is 0.0592. The van der Waals surface area contributed by atoms with Gasteiger partial charge in [-0.25, -0.2) is 4.98 Å². The van der Waals surface area contributed by atoms with Gasteiger partial charge in [-0.15, -0.1) is 0 Å². The summed E-state index contributed by atoms with van der Waals surface area (Å²) in [5, 5.41) is 8.13. The van der Waals surface area contributed by atoms with Crippen LogP contribution in [-0.4, -0.2) is 65.6 Å². The molecule has 1 saturated heterocycles. The van der Waals surface area contributed by atoms with E-state index in [1.807, 2.05) is 38.1 Å². The van der Waals surface area contributed by atoms with Gasteiger partial charge in [-0.05, 0) is 24.6 Å². The highest BCUT2D eigenvalue weighted by atomic mass is 16.5. The summed E-state index contributed by atoms with van der Waals surface area (Å²) < 4.78 is 5.30. The molecule has 3 heterocycles. The Balaban J connectivity index is 1.55. The monoisotopic (exact) mass is 407 g/mol. The molecule has 30 heavy (non-hydrogen) atoms. The van der Waals surface area contributed by atoms with E-state index >= 15 is 0 Å². The minimum absolute atomic E-state index is 0.0927. The third-order valence-corrected chi connectivity index (χ3v) is 5.71. The third kappa shape index (κ3) is 4.52. The maximum atomic E-state index is 13.1. The van der Waals surface area contributed by atoms with Crippen molar-refractivity contribution in [2.75, 3.05) is 39.8 Å². The number of benzene rings is 1. The van der Waals surface area contributed by atoms with Crippen LogP contribution < -0.4 is 5.32 Å². The van der Waals surface area contributed by atoms with Crippen LogP contribution in [-0.2, 0) is 0 Å². The SMILES string of the molecule is CC(C)c1noc2ncc(C(=O)NC(CN3CCN(C)CC3)c3ccccc3)cc12. The van der Waals surface area contributed by atoms with Crippen LogP contribution in [0.3, 0.4) is 0 Å². The normalized spacial score (nSPS) is 16.8. The summed E-state index contributed by atoms with van der Waals surface area (Å²) >= 11 is 0. The number of carbonyl (C=O) groups is 1. The minimum atomic E-state index is -0.136. The molecule has 0 saturated carbocycles. The second kappa shape index (κ2) is 8.93. The second-order valence-electron chi connectivity index (χ2n) is 8.34. The van der Waals surface area contributed by atoms with Gasteiger partial charge in [-0.3, -0.25) is 9.69 Å². The lowest BCUT2D eigenvalue weighted by molar-refractivity contribution is 0.0907. The van der Waals surface area contributed by atoms with Gasteiger partial charge in [0.2, 0.25) is 0 Å². The first-order valence-corrected chi connectivity index (χ1v) is 10.5. The van der Waals surface area contributed by atoms with Gasteiger partial charge < -0.3 is 14.7 Å². The number of pyridine rings is 1. The molecule has 1 aliphatic rings. The van der Waals surface area contributed by atoms with E-state index in [-0.39, 0.29) is 17.9 Å². The van der Waals surface area contributed by atoms with Gasteiger partial charge >= 0.3 is 0 Å². The molecule has 0 spiro atoms. The summed E-state index contributed by atoms with van der Waals surface area (Å²) in [6, 6.07) is 11.9. The summed E-state index contributed by atoms with van der Waals surface area (Å²) in [6.07, 6.45) is 1.56. The molecule has 1 fully saturated rings. The number of fused-ring (bicyclic) bond motifs is 1. The zero-order valence-corrected chi connectivity index (χ0v) is 17.8. The van der Waals surface area contributed by atoms with Crippen molar-refractivity contribution in [1.82, 2.24) is 25.3 Å². The Labute approximate surface area is 177 Å². The van der Waals surface area contributed by atoms with Crippen LogP contribution in [0.5, 0.6) is 0 Å². The standard InChI is InChI=1S/C23H29N5O2/c1-16(2)21-19-13-18(14-24-23(19)30-26-21)22(29)25-20(17-7-5-4-6-8-17)15-28-11-9-27(3)10-12-28/h4-8,13-14,16,20H,9-12,15H2,1-3H3,(H,25,29). The van der Waals surface area contributed by atoms with Gasteiger partial charge in [0.15, 0.2) is 0 Å². The van der Waals surface area contributed by atoms with Gasteiger partial charge in [-0.1, -0.05) is 49.3 Å². The fourth-order valence-electron chi connectivity index (χ4n) is 3.84. The topological polar surface area (TPSA) is 74.5 Å². The lowest BCUT2D eigenvalue weighted by atomic mass is 10.0. The molecule has 2 aromatic heterocycles. The number of rotatable bonds is 6. The fourth-order valence-corrected chi connectivity index (χ4v) is 3.84. The van der Waals surface area contributed by atoms with E-state index in [9.17, 15) is 4.79 Å². The number of likely N-dealkylation sites (N-methyl/N-ethyl adjacent to an activating group) is 1.